The standard InChI is InChI=1S/C20H16Cl2FN3O2S/c1-2-9-26-19(28)17(29-20(26)25-13-5-3-12(23)4-6-13)11-18(27)24-14-7-8-15(21)16(22)10-14/h2-8,10,17H,1,9,11H2,(H,24,27)/t17-/m0/s1. The average molecular weight is 452 g/mol. The monoisotopic (exact) mass is 451 g/mol. The van der Waals surface area contributed by atoms with Gasteiger partial charge in [-0.3, -0.25) is 14.5 Å². The number of rotatable bonds is 6. The normalized spacial score (nSPS) is 17.6. The van der Waals surface area contributed by atoms with E-state index in [1.165, 1.54) is 47.0 Å². The van der Waals surface area contributed by atoms with Crippen molar-refractivity contribution in [1.29, 1.82) is 0 Å². The van der Waals surface area contributed by atoms with Crippen molar-refractivity contribution in [1.82, 2.24) is 4.90 Å². The molecule has 1 saturated heterocycles. The van der Waals surface area contributed by atoms with Crippen LogP contribution in [0.4, 0.5) is 15.8 Å². The highest BCUT2D eigenvalue weighted by molar-refractivity contribution is 8.15. The first-order valence-corrected chi connectivity index (χ1v) is 10.2. The molecular formula is C20H16Cl2FN3O2S. The van der Waals surface area contributed by atoms with Crippen molar-refractivity contribution >= 4 is 63.3 Å². The van der Waals surface area contributed by atoms with Crippen LogP contribution in [0.3, 0.4) is 0 Å². The van der Waals surface area contributed by atoms with Gasteiger partial charge in [0, 0.05) is 18.7 Å². The summed E-state index contributed by atoms with van der Waals surface area (Å²) < 4.78 is 13.1. The Kier molecular flexibility index (Phi) is 6.95. The van der Waals surface area contributed by atoms with E-state index in [1.54, 1.807) is 18.2 Å². The van der Waals surface area contributed by atoms with Crippen LogP contribution in [0.5, 0.6) is 0 Å². The van der Waals surface area contributed by atoms with Gasteiger partial charge in [0.2, 0.25) is 11.8 Å². The molecule has 2 aromatic rings. The van der Waals surface area contributed by atoms with E-state index in [0.717, 1.165) is 0 Å². The summed E-state index contributed by atoms with van der Waals surface area (Å²) in [7, 11) is 0. The number of aliphatic imine (C=N–C) groups is 1. The fraction of sp³-hybridized carbons (Fsp3) is 0.150. The fourth-order valence-corrected chi connectivity index (χ4v) is 4.07. The lowest BCUT2D eigenvalue weighted by atomic mass is 10.2. The molecule has 29 heavy (non-hydrogen) atoms. The van der Waals surface area contributed by atoms with Crippen molar-refractivity contribution in [3.63, 3.8) is 0 Å². The first-order valence-electron chi connectivity index (χ1n) is 8.55. The Balaban J connectivity index is 1.72. The van der Waals surface area contributed by atoms with Gasteiger partial charge in [0.1, 0.15) is 11.1 Å². The molecule has 1 atom stereocenters. The highest BCUT2D eigenvalue weighted by Gasteiger charge is 2.38. The van der Waals surface area contributed by atoms with Gasteiger partial charge in [0.15, 0.2) is 5.17 Å². The number of nitrogens with one attached hydrogen (secondary N) is 1. The second kappa shape index (κ2) is 9.43. The number of thioether (sulfide) groups is 1. The molecule has 1 aliphatic heterocycles. The van der Waals surface area contributed by atoms with Crippen LogP contribution in [0.1, 0.15) is 6.42 Å². The van der Waals surface area contributed by atoms with Crippen molar-refractivity contribution in [3.05, 3.63) is 71.0 Å². The number of carbonyl (C=O) groups is 2. The van der Waals surface area contributed by atoms with E-state index in [9.17, 15) is 14.0 Å². The molecule has 3 rings (SSSR count). The van der Waals surface area contributed by atoms with Crippen molar-refractivity contribution < 1.29 is 14.0 Å². The smallest absolute Gasteiger partial charge is 0.242 e. The highest BCUT2D eigenvalue weighted by atomic mass is 35.5. The molecule has 0 saturated carbocycles. The van der Waals surface area contributed by atoms with Gasteiger partial charge in [0.05, 0.1) is 15.7 Å². The minimum atomic E-state index is -0.628. The summed E-state index contributed by atoms with van der Waals surface area (Å²) in [6.07, 6.45) is 1.54. The summed E-state index contributed by atoms with van der Waals surface area (Å²) in [6.45, 7) is 3.92. The largest absolute Gasteiger partial charge is 0.326 e. The third kappa shape index (κ3) is 5.38. The van der Waals surface area contributed by atoms with Crippen LogP contribution in [0.2, 0.25) is 10.0 Å². The zero-order chi connectivity index (χ0) is 21.0. The Morgan fingerprint density at radius 2 is 1.97 bits per heavy atom. The van der Waals surface area contributed by atoms with Crippen molar-refractivity contribution in [2.75, 3.05) is 11.9 Å². The predicted octanol–water partition coefficient (Wildman–Crippen LogP) is 5.28. The van der Waals surface area contributed by atoms with Crippen LogP contribution in [-0.2, 0) is 9.59 Å². The SMILES string of the molecule is C=CCN1C(=O)[C@H](CC(=O)Nc2ccc(Cl)c(Cl)c2)SC1=Nc1ccc(F)cc1. The molecule has 0 aromatic heterocycles. The average Bonchev–Trinajstić information content (AvgIpc) is 2.95. The molecule has 0 spiro atoms. The van der Waals surface area contributed by atoms with Crippen LogP contribution in [0.25, 0.3) is 0 Å². The van der Waals surface area contributed by atoms with Gasteiger partial charge in [-0.15, -0.1) is 6.58 Å². The molecule has 9 heteroatoms. The Hall–Kier alpha value is -2.35. The third-order valence-corrected chi connectivity index (χ3v) is 5.87. The van der Waals surface area contributed by atoms with Crippen LogP contribution in [-0.4, -0.2) is 33.7 Å². The van der Waals surface area contributed by atoms with E-state index in [1.807, 2.05) is 0 Å². The van der Waals surface area contributed by atoms with Gasteiger partial charge in [-0.2, -0.15) is 0 Å². The number of carbonyl (C=O) groups excluding carboxylic acids is 2. The molecule has 0 aliphatic carbocycles. The summed E-state index contributed by atoms with van der Waals surface area (Å²) in [6, 6.07) is 10.4. The van der Waals surface area contributed by atoms with Crippen LogP contribution < -0.4 is 5.32 Å². The lowest BCUT2D eigenvalue weighted by Gasteiger charge is -2.13. The maximum atomic E-state index is 13.1. The summed E-state index contributed by atoms with van der Waals surface area (Å²) in [5, 5.41) is 3.22. The first-order chi connectivity index (χ1) is 13.9. The van der Waals surface area contributed by atoms with E-state index >= 15 is 0 Å². The van der Waals surface area contributed by atoms with Gasteiger partial charge in [-0.25, -0.2) is 9.38 Å². The minimum absolute atomic E-state index is 0.0418. The number of amides is 2. The fourth-order valence-electron chi connectivity index (χ4n) is 2.60. The Morgan fingerprint density at radius 3 is 2.62 bits per heavy atom. The number of anilines is 1. The summed E-state index contributed by atoms with van der Waals surface area (Å²) in [5.74, 6) is -0.945. The maximum absolute atomic E-state index is 13.1. The number of nitrogens with zero attached hydrogens (tertiary/aromatic N) is 2. The quantitative estimate of drug-likeness (QED) is 0.607. The van der Waals surface area contributed by atoms with E-state index in [2.05, 4.69) is 16.9 Å². The molecule has 2 aromatic carbocycles. The molecule has 1 aliphatic rings. The van der Waals surface area contributed by atoms with Gasteiger partial charge in [-0.1, -0.05) is 41.0 Å². The summed E-state index contributed by atoms with van der Waals surface area (Å²) in [5.41, 5.74) is 1.000. The second-order valence-corrected chi connectivity index (χ2v) is 8.08. The molecule has 0 radical (unpaired) electrons. The molecule has 2 amide bonds. The zero-order valence-electron chi connectivity index (χ0n) is 15.1. The first kappa shape index (κ1) is 21.4. The van der Waals surface area contributed by atoms with Crippen molar-refractivity contribution in [2.45, 2.75) is 11.7 Å². The van der Waals surface area contributed by atoms with Gasteiger partial charge < -0.3 is 5.32 Å². The lowest BCUT2D eigenvalue weighted by molar-refractivity contribution is -0.127. The van der Waals surface area contributed by atoms with Crippen molar-refractivity contribution in [2.24, 2.45) is 4.99 Å². The molecule has 0 bridgehead atoms. The van der Waals surface area contributed by atoms with Gasteiger partial charge in [-0.05, 0) is 42.5 Å². The summed E-state index contributed by atoms with van der Waals surface area (Å²) in [4.78, 5) is 31.0. The Bertz CT molecular complexity index is 982. The number of hydrogen-bond acceptors (Lipinski definition) is 4. The van der Waals surface area contributed by atoms with E-state index in [0.29, 0.717) is 26.6 Å². The Morgan fingerprint density at radius 1 is 1.24 bits per heavy atom. The maximum Gasteiger partial charge on any atom is 0.242 e. The lowest BCUT2D eigenvalue weighted by Crippen LogP contribution is -2.33. The number of hydrogen-bond donors (Lipinski definition) is 1. The molecule has 150 valence electrons. The second-order valence-electron chi connectivity index (χ2n) is 6.10. The van der Waals surface area contributed by atoms with E-state index < -0.39 is 5.25 Å². The number of benzene rings is 2. The Labute approximate surface area is 181 Å². The van der Waals surface area contributed by atoms with Crippen LogP contribution in [0.15, 0.2) is 60.1 Å². The molecule has 5 nitrogen and oxygen atoms in total. The predicted molar refractivity (Wildman–Crippen MR) is 116 cm³/mol. The van der Waals surface area contributed by atoms with Gasteiger partial charge >= 0.3 is 0 Å². The van der Waals surface area contributed by atoms with Crippen molar-refractivity contribution in [3.8, 4) is 0 Å². The molecule has 1 heterocycles. The number of halogens is 3. The zero-order valence-corrected chi connectivity index (χ0v) is 17.4. The molecular weight excluding hydrogens is 436 g/mol. The van der Waals surface area contributed by atoms with Crippen LogP contribution >= 0.6 is 35.0 Å². The van der Waals surface area contributed by atoms with Crippen LogP contribution in [0, 0.1) is 5.82 Å². The minimum Gasteiger partial charge on any atom is -0.326 e. The van der Waals surface area contributed by atoms with E-state index in [4.69, 9.17) is 23.2 Å². The molecule has 0 unspecified atom stereocenters. The number of amidine groups is 1. The summed E-state index contributed by atoms with van der Waals surface area (Å²) >= 11 is 13.0. The highest BCUT2D eigenvalue weighted by Crippen LogP contribution is 2.32. The van der Waals surface area contributed by atoms with Gasteiger partial charge in [0.25, 0.3) is 0 Å². The van der Waals surface area contributed by atoms with E-state index in [-0.39, 0.29) is 30.6 Å². The molecule has 1 fully saturated rings. The molecule has 1 N–H and O–H groups in total. The topological polar surface area (TPSA) is 61.8 Å². The third-order valence-electron chi connectivity index (χ3n) is 3.96.